The number of halogens is 3. The van der Waals surface area contributed by atoms with Crippen LogP contribution in [0.2, 0.25) is 0 Å². The molecule has 2 aromatic rings. The van der Waals surface area contributed by atoms with Gasteiger partial charge in [-0.2, -0.15) is 18.3 Å². The largest absolute Gasteiger partial charge is 0.434 e. The molecule has 1 unspecified atom stereocenters. The lowest BCUT2D eigenvalue weighted by Gasteiger charge is -2.24. The maximum Gasteiger partial charge on any atom is 0.427 e. The molecule has 29 heavy (non-hydrogen) atoms. The van der Waals surface area contributed by atoms with Crippen molar-refractivity contribution in [2.24, 2.45) is 11.8 Å². The number of alkyl halides is 3. The van der Waals surface area contributed by atoms with Crippen molar-refractivity contribution in [2.75, 3.05) is 19.7 Å². The summed E-state index contributed by atoms with van der Waals surface area (Å²) in [7, 11) is 0. The van der Waals surface area contributed by atoms with Crippen molar-refractivity contribution < 1.29 is 27.8 Å². The molecule has 0 radical (unpaired) electrons. The molecule has 1 aromatic carbocycles. The molecule has 0 bridgehead atoms. The Morgan fingerprint density at radius 1 is 1.28 bits per heavy atom. The van der Waals surface area contributed by atoms with Crippen molar-refractivity contribution in [1.29, 1.82) is 0 Å². The zero-order valence-corrected chi connectivity index (χ0v) is 15.2. The van der Waals surface area contributed by atoms with Crippen molar-refractivity contribution in [3.05, 3.63) is 47.8 Å². The Labute approximate surface area is 164 Å². The summed E-state index contributed by atoms with van der Waals surface area (Å²) < 4.78 is 44.1. The maximum absolute atomic E-state index is 12.6. The molecule has 1 aliphatic carbocycles. The number of carbonyl (C=O) groups is 1. The summed E-state index contributed by atoms with van der Waals surface area (Å²) in [5.41, 5.74) is 2.53. The molecule has 1 saturated carbocycles. The summed E-state index contributed by atoms with van der Waals surface area (Å²) in [6.45, 7) is -0.667. The van der Waals surface area contributed by atoms with Gasteiger partial charge in [0.2, 0.25) is 6.10 Å². The van der Waals surface area contributed by atoms with Gasteiger partial charge in [-0.3, -0.25) is 0 Å². The standard InChI is InChI=1S/C20H18F3N3O3/c1-2-12-3-5-13(6-4-12)26-8-7-16(24-26)18-14-9-25(10-15(14)18)19(28)29-17(11-27)20(21,22)23/h1,3-8,14-15,17-18,27H,9-11H2/t14-,15+,17-,18?/m0/s1. The summed E-state index contributed by atoms with van der Waals surface area (Å²) in [6, 6.07) is 9.30. The molecular formula is C20H18F3N3O3. The number of terminal acetylenes is 1. The number of aromatic nitrogens is 2. The van der Waals surface area contributed by atoms with E-state index in [9.17, 15) is 18.0 Å². The molecule has 9 heteroatoms. The number of hydrogen-bond acceptors (Lipinski definition) is 4. The Morgan fingerprint density at radius 3 is 2.48 bits per heavy atom. The highest BCUT2D eigenvalue weighted by molar-refractivity contribution is 5.69. The first-order valence-corrected chi connectivity index (χ1v) is 9.07. The number of rotatable bonds is 4. The number of aliphatic hydroxyl groups is 1. The van der Waals surface area contributed by atoms with Crippen LogP contribution in [0.5, 0.6) is 0 Å². The van der Waals surface area contributed by atoms with Crippen molar-refractivity contribution in [3.8, 4) is 18.0 Å². The topological polar surface area (TPSA) is 67.6 Å². The second kappa shape index (κ2) is 7.12. The Hall–Kier alpha value is -2.99. The van der Waals surface area contributed by atoms with E-state index in [4.69, 9.17) is 11.5 Å². The molecule has 2 fully saturated rings. The molecule has 1 aliphatic heterocycles. The van der Waals surface area contributed by atoms with Crippen LogP contribution in [0.25, 0.3) is 5.69 Å². The molecule has 1 saturated heterocycles. The van der Waals surface area contributed by atoms with Crippen LogP contribution in [-0.4, -0.2) is 57.9 Å². The average molecular weight is 405 g/mol. The van der Waals surface area contributed by atoms with Crippen molar-refractivity contribution >= 4 is 6.09 Å². The second-order valence-corrected chi connectivity index (χ2v) is 7.23. The third kappa shape index (κ3) is 3.68. The van der Waals surface area contributed by atoms with Gasteiger partial charge in [-0.15, -0.1) is 6.42 Å². The number of benzene rings is 1. The van der Waals surface area contributed by atoms with Gasteiger partial charge in [-0.1, -0.05) is 5.92 Å². The van der Waals surface area contributed by atoms with Crippen LogP contribution in [0.3, 0.4) is 0 Å². The van der Waals surface area contributed by atoms with Gasteiger partial charge in [0.05, 0.1) is 18.0 Å². The molecular weight excluding hydrogens is 387 g/mol. The minimum atomic E-state index is -4.79. The molecule has 6 nitrogen and oxygen atoms in total. The van der Waals surface area contributed by atoms with Crippen LogP contribution in [-0.2, 0) is 4.74 Å². The van der Waals surface area contributed by atoms with Gasteiger partial charge in [-0.25, -0.2) is 9.48 Å². The van der Waals surface area contributed by atoms with E-state index in [0.717, 1.165) is 16.9 Å². The molecule has 0 spiro atoms. The van der Waals surface area contributed by atoms with E-state index in [-0.39, 0.29) is 17.8 Å². The lowest BCUT2D eigenvalue weighted by Crippen LogP contribution is -2.42. The first-order chi connectivity index (χ1) is 13.8. The number of carbonyl (C=O) groups excluding carboxylic acids is 1. The molecule has 1 amide bonds. The Balaban J connectivity index is 1.35. The number of amides is 1. The van der Waals surface area contributed by atoms with E-state index < -0.39 is 25.0 Å². The van der Waals surface area contributed by atoms with Gasteiger partial charge in [0.15, 0.2) is 0 Å². The fourth-order valence-corrected chi connectivity index (χ4v) is 3.89. The van der Waals surface area contributed by atoms with Crippen LogP contribution in [0, 0.1) is 24.2 Å². The van der Waals surface area contributed by atoms with Gasteiger partial charge in [0.1, 0.15) is 0 Å². The molecule has 152 valence electrons. The van der Waals surface area contributed by atoms with Crippen LogP contribution < -0.4 is 0 Å². The van der Waals surface area contributed by atoms with Crippen LogP contribution in [0.15, 0.2) is 36.5 Å². The fourth-order valence-electron chi connectivity index (χ4n) is 3.89. The number of piperidine rings is 1. The monoisotopic (exact) mass is 405 g/mol. The Bertz CT molecular complexity index is 936. The van der Waals surface area contributed by atoms with Crippen molar-refractivity contribution in [3.63, 3.8) is 0 Å². The van der Waals surface area contributed by atoms with Crippen molar-refractivity contribution in [2.45, 2.75) is 18.2 Å². The van der Waals surface area contributed by atoms with E-state index in [1.165, 1.54) is 4.90 Å². The van der Waals surface area contributed by atoms with E-state index >= 15 is 0 Å². The number of likely N-dealkylation sites (tertiary alicyclic amines) is 1. The van der Waals surface area contributed by atoms with E-state index in [0.29, 0.717) is 13.1 Å². The predicted octanol–water partition coefficient (Wildman–Crippen LogP) is 2.56. The maximum atomic E-state index is 12.6. The molecule has 2 heterocycles. The SMILES string of the molecule is C#Cc1ccc(-n2ccc(C3[C@H]4CN(C(=O)O[C@@H](CO)C(F)(F)F)C[C@@H]34)n2)cc1. The van der Waals surface area contributed by atoms with E-state index in [1.807, 2.05) is 36.5 Å². The summed E-state index contributed by atoms with van der Waals surface area (Å²) in [5, 5.41) is 13.4. The zero-order valence-electron chi connectivity index (χ0n) is 15.2. The molecule has 4 atom stereocenters. The highest BCUT2D eigenvalue weighted by Crippen LogP contribution is 2.57. The summed E-state index contributed by atoms with van der Waals surface area (Å²) in [4.78, 5) is 13.2. The summed E-state index contributed by atoms with van der Waals surface area (Å²) in [5.74, 6) is 3.02. The Morgan fingerprint density at radius 2 is 1.93 bits per heavy atom. The molecule has 1 N–H and O–H groups in total. The number of aliphatic hydroxyl groups excluding tert-OH is 1. The number of ether oxygens (including phenoxy) is 1. The molecule has 4 rings (SSSR count). The van der Waals surface area contributed by atoms with Crippen LogP contribution in [0.1, 0.15) is 17.2 Å². The third-order valence-corrected chi connectivity index (χ3v) is 5.48. The van der Waals surface area contributed by atoms with E-state index in [2.05, 4.69) is 15.8 Å². The van der Waals surface area contributed by atoms with Gasteiger partial charge in [-0.05, 0) is 42.2 Å². The minimum Gasteiger partial charge on any atom is -0.434 e. The first kappa shape index (κ1) is 19.3. The smallest absolute Gasteiger partial charge is 0.427 e. The fraction of sp³-hybridized carbons (Fsp3) is 0.400. The van der Waals surface area contributed by atoms with Crippen LogP contribution in [0.4, 0.5) is 18.0 Å². The van der Waals surface area contributed by atoms with Gasteiger partial charge in [0.25, 0.3) is 0 Å². The number of hydrogen-bond donors (Lipinski definition) is 1. The molecule has 1 aromatic heterocycles. The number of nitrogens with zero attached hydrogens (tertiary/aromatic N) is 3. The van der Waals surface area contributed by atoms with Gasteiger partial charge >= 0.3 is 12.3 Å². The van der Waals surface area contributed by atoms with Crippen molar-refractivity contribution in [1.82, 2.24) is 14.7 Å². The van der Waals surface area contributed by atoms with E-state index in [1.54, 1.807) is 4.68 Å². The summed E-state index contributed by atoms with van der Waals surface area (Å²) in [6.07, 6.45) is -1.14. The molecule has 2 aliphatic rings. The first-order valence-electron chi connectivity index (χ1n) is 9.07. The quantitative estimate of drug-likeness (QED) is 0.794. The predicted molar refractivity (Wildman–Crippen MR) is 96.2 cm³/mol. The highest BCUT2D eigenvalue weighted by atomic mass is 19.4. The van der Waals surface area contributed by atoms with Gasteiger partial charge < -0.3 is 14.7 Å². The lowest BCUT2D eigenvalue weighted by atomic mass is 10.2. The number of fused-ring (bicyclic) bond motifs is 1. The highest BCUT2D eigenvalue weighted by Gasteiger charge is 2.59. The third-order valence-electron chi connectivity index (χ3n) is 5.48. The minimum absolute atomic E-state index is 0.146. The lowest BCUT2D eigenvalue weighted by molar-refractivity contribution is -0.214. The average Bonchev–Trinajstić information content (AvgIpc) is 3.07. The normalized spacial score (nSPS) is 24.0. The Kier molecular flexibility index (Phi) is 4.74. The second-order valence-electron chi connectivity index (χ2n) is 7.23. The van der Waals surface area contributed by atoms with Crippen LogP contribution >= 0.6 is 0 Å². The zero-order chi connectivity index (χ0) is 20.8. The van der Waals surface area contributed by atoms with Gasteiger partial charge in [0, 0.05) is 30.8 Å². The summed E-state index contributed by atoms with van der Waals surface area (Å²) >= 11 is 0.